The summed E-state index contributed by atoms with van der Waals surface area (Å²) in [6.45, 7) is 2.11. The van der Waals surface area contributed by atoms with Crippen LogP contribution in [0, 0.1) is 5.82 Å². The highest BCUT2D eigenvalue weighted by atomic mass is 19.1. The molecule has 0 saturated carbocycles. The highest BCUT2D eigenvalue weighted by molar-refractivity contribution is 5.87. The summed E-state index contributed by atoms with van der Waals surface area (Å²) in [7, 11) is 0. The maximum atomic E-state index is 13.7. The third kappa shape index (κ3) is 3.35. The van der Waals surface area contributed by atoms with Crippen molar-refractivity contribution in [1.29, 1.82) is 0 Å². The van der Waals surface area contributed by atoms with E-state index in [0.29, 0.717) is 11.3 Å². The number of hydrogen-bond acceptors (Lipinski definition) is 2. The first kappa shape index (κ1) is 14.1. The second kappa shape index (κ2) is 6.19. The van der Waals surface area contributed by atoms with E-state index < -0.39 is 11.8 Å². The molecule has 2 aromatic rings. The predicted octanol–water partition coefficient (Wildman–Crippen LogP) is 3.67. The Kier molecular flexibility index (Phi) is 4.35. The van der Waals surface area contributed by atoms with Gasteiger partial charge in [-0.05, 0) is 36.2 Å². The first-order valence-electron chi connectivity index (χ1n) is 6.33. The van der Waals surface area contributed by atoms with Gasteiger partial charge < -0.3 is 9.84 Å². The van der Waals surface area contributed by atoms with Gasteiger partial charge in [-0.3, -0.25) is 0 Å². The number of carboxylic acids is 1. The summed E-state index contributed by atoms with van der Waals surface area (Å²) in [5, 5.41) is 8.77. The Morgan fingerprint density at radius 3 is 2.70 bits per heavy atom. The molecule has 2 aromatic carbocycles. The van der Waals surface area contributed by atoms with Crippen LogP contribution in [-0.4, -0.2) is 11.1 Å². The Hall–Kier alpha value is -2.36. The van der Waals surface area contributed by atoms with Crippen LogP contribution in [0.2, 0.25) is 0 Å². The van der Waals surface area contributed by atoms with Gasteiger partial charge in [0.1, 0.15) is 18.2 Å². The van der Waals surface area contributed by atoms with Gasteiger partial charge in [0.15, 0.2) is 0 Å². The fourth-order valence-electron chi connectivity index (χ4n) is 1.81. The topological polar surface area (TPSA) is 46.5 Å². The van der Waals surface area contributed by atoms with Crippen LogP contribution >= 0.6 is 0 Å². The standard InChI is InChI=1S/C16H15FO3/c1-2-11-4-3-5-14(8-11)20-10-13-7-6-12(16(18)19)9-15(13)17/h3-9H,2,10H2,1H3,(H,18,19). The van der Waals surface area contributed by atoms with Crippen molar-refractivity contribution < 1.29 is 19.0 Å². The molecule has 20 heavy (non-hydrogen) atoms. The molecule has 104 valence electrons. The summed E-state index contributed by atoms with van der Waals surface area (Å²) < 4.78 is 19.2. The van der Waals surface area contributed by atoms with E-state index in [9.17, 15) is 9.18 Å². The third-order valence-corrected chi connectivity index (χ3v) is 3.00. The van der Waals surface area contributed by atoms with E-state index in [1.54, 1.807) is 0 Å². The number of rotatable bonds is 5. The number of benzene rings is 2. The van der Waals surface area contributed by atoms with E-state index in [1.165, 1.54) is 12.1 Å². The molecule has 0 aliphatic carbocycles. The molecular formula is C16H15FO3. The smallest absolute Gasteiger partial charge is 0.335 e. The van der Waals surface area contributed by atoms with E-state index in [0.717, 1.165) is 18.1 Å². The molecule has 0 saturated heterocycles. The first-order chi connectivity index (χ1) is 9.60. The molecule has 0 amide bonds. The Bertz CT molecular complexity index is 623. The SMILES string of the molecule is CCc1cccc(OCc2ccc(C(=O)O)cc2F)c1. The van der Waals surface area contributed by atoms with Gasteiger partial charge in [-0.25, -0.2) is 9.18 Å². The summed E-state index contributed by atoms with van der Waals surface area (Å²) in [6.07, 6.45) is 0.902. The van der Waals surface area contributed by atoms with Crippen LogP contribution in [0.25, 0.3) is 0 Å². The Morgan fingerprint density at radius 2 is 2.05 bits per heavy atom. The molecule has 0 heterocycles. The van der Waals surface area contributed by atoms with Gasteiger partial charge in [0, 0.05) is 5.56 Å². The second-order valence-electron chi connectivity index (χ2n) is 4.40. The van der Waals surface area contributed by atoms with Gasteiger partial charge >= 0.3 is 5.97 Å². The number of aryl methyl sites for hydroxylation is 1. The fourth-order valence-corrected chi connectivity index (χ4v) is 1.81. The molecule has 0 spiro atoms. The largest absolute Gasteiger partial charge is 0.489 e. The van der Waals surface area contributed by atoms with Crippen LogP contribution in [0.4, 0.5) is 4.39 Å². The zero-order valence-electron chi connectivity index (χ0n) is 11.1. The van der Waals surface area contributed by atoms with Crippen molar-refractivity contribution in [2.45, 2.75) is 20.0 Å². The van der Waals surface area contributed by atoms with Gasteiger partial charge in [-0.15, -0.1) is 0 Å². The summed E-state index contributed by atoms with van der Waals surface area (Å²) in [5.41, 5.74) is 1.40. The van der Waals surface area contributed by atoms with Gasteiger partial charge in [0.25, 0.3) is 0 Å². The highest BCUT2D eigenvalue weighted by Crippen LogP contribution is 2.17. The molecule has 0 aromatic heterocycles. The molecule has 0 radical (unpaired) electrons. The lowest BCUT2D eigenvalue weighted by Gasteiger charge is -2.08. The zero-order chi connectivity index (χ0) is 14.5. The summed E-state index contributed by atoms with van der Waals surface area (Å²) in [5.74, 6) is -1.05. The fraction of sp³-hybridized carbons (Fsp3) is 0.188. The van der Waals surface area contributed by atoms with Crippen molar-refractivity contribution in [3.05, 3.63) is 65.0 Å². The summed E-state index contributed by atoms with van der Waals surface area (Å²) in [4.78, 5) is 10.7. The molecule has 0 atom stereocenters. The van der Waals surface area contributed by atoms with E-state index in [-0.39, 0.29) is 12.2 Å². The van der Waals surface area contributed by atoms with Crippen molar-refractivity contribution in [3.8, 4) is 5.75 Å². The number of hydrogen-bond donors (Lipinski definition) is 1. The second-order valence-corrected chi connectivity index (χ2v) is 4.40. The highest BCUT2D eigenvalue weighted by Gasteiger charge is 2.08. The number of aromatic carboxylic acids is 1. The minimum Gasteiger partial charge on any atom is -0.489 e. The molecule has 1 N–H and O–H groups in total. The van der Waals surface area contributed by atoms with Crippen LogP contribution in [0.1, 0.15) is 28.4 Å². The minimum absolute atomic E-state index is 0.0684. The van der Waals surface area contributed by atoms with Crippen molar-refractivity contribution in [2.24, 2.45) is 0 Å². The van der Waals surface area contributed by atoms with Crippen molar-refractivity contribution in [1.82, 2.24) is 0 Å². The van der Waals surface area contributed by atoms with Crippen LogP contribution < -0.4 is 4.74 Å². The molecule has 0 bridgehead atoms. The van der Waals surface area contributed by atoms with E-state index in [1.807, 2.05) is 31.2 Å². The summed E-state index contributed by atoms with van der Waals surface area (Å²) >= 11 is 0. The van der Waals surface area contributed by atoms with Crippen LogP contribution in [0.5, 0.6) is 5.75 Å². The number of carboxylic acid groups (broad SMARTS) is 1. The maximum Gasteiger partial charge on any atom is 0.335 e. The summed E-state index contributed by atoms with van der Waals surface area (Å²) in [6, 6.07) is 11.4. The van der Waals surface area contributed by atoms with Gasteiger partial charge in [-0.2, -0.15) is 0 Å². The number of ether oxygens (including phenoxy) is 1. The lowest BCUT2D eigenvalue weighted by atomic mass is 10.1. The lowest BCUT2D eigenvalue weighted by Crippen LogP contribution is -2.02. The van der Waals surface area contributed by atoms with Crippen LogP contribution in [-0.2, 0) is 13.0 Å². The average molecular weight is 274 g/mol. The molecular weight excluding hydrogens is 259 g/mol. The Labute approximate surface area is 116 Å². The van der Waals surface area contributed by atoms with Crippen LogP contribution in [0.15, 0.2) is 42.5 Å². The van der Waals surface area contributed by atoms with E-state index in [4.69, 9.17) is 9.84 Å². The molecule has 0 unspecified atom stereocenters. The quantitative estimate of drug-likeness (QED) is 0.905. The number of halogens is 1. The maximum absolute atomic E-state index is 13.7. The molecule has 0 aliphatic rings. The Balaban J connectivity index is 2.08. The van der Waals surface area contributed by atoms with Crippen molar-refractivity contribution in [2.75, 3.05) is 0 Å². The van der Waals surface area contributed by atoms with Gasteiger partial charge in [0.2, 0.25) is 0 Å². The monoisotopic (exact) mass is 274 g/mol. The van der Waals surface area contributed by atoms with Crippen LogP contribution in [0.3, 0.4) is 0 Å². The van der Waals surface area contributed by atoms with Crippen molar-refractivity contribution in [3.63, 3.8) is 0 Å². The third-order valence-electron chi connectivity index (χ3n) is 3.00. The van der Waals surface area contributed by atoms with Gasteiger partial charge in [0.05, 0.1) is 5.56 Å². The van der Waals surface area contributed by atoms with Crippen molar-refractivity contribution >= 4 is 5.97 Å². The molecule has 3 nitrogen and oxygen atoms in total. The molecule has 0 aliphatic heterocycles. The molecule has 2 rings (SSSR count). The molecule has 4 heteroatoms. The van der Waals surface area contributed by atoms with E-state index >= 15 is 0 Å². The lowest BCUT2D eigenvalue weighted by molar-refractivity contribution is 0.0696. The molecule has 0 fully saturated rings. The zero-order valence-corrected chi connectivity index (χ0v) is 11.1. The number of carbonyl (C=O) groups is 1. The minimum atomic E-state index is -1.15. The first-order valence-corrected chi connectivity index (χ1v) is 6.33. The predicted molar refractivity (Wildman–Crippen MR) is 73.5 cm³/mol. The normalized spacial score (nSPS) is 10.3. The average Bonchev–Trinajstić information content (AvgIpc) is 2.46. The van der Waals surface area contributed by atoms with E-state index in [2.05, 4.69) is 0 Å². The van der Waals surface area contributed by atoms with Gasteiger partial charge in [-0.1, -0.05) is 25.1 Å². The Morgan fingerprint density at radius 1 is 1.25 bits per heavy atom.